The van der Waals surface area contributed by atoms with Crippen molar-refractivity contribution in [2.75, 3.05) is 37.6 Å². The first kappa shape index (κ1) is 21.9. The van der Waals surface area contributed by atoms with Gasteiger partial charge in [0, 0.05) is 50.4 Å². The Kier molecular flexibility index (Phi) is 7.89. The molecule has 0 unspecified atom stereocenters. The van der Waals surface area contributed by atoms with Crippen LogP contribution in [-0.4, -0.2) is 49.4 Å². The van der Waals surface area contributed by atoms with Crippen LogP contribution < -0.4 is 10.2 Å². The molecule has 1 fully saturated rings. The number of piperazine rings is 1. The summed E-state index contributed by atoms with van der Waals surface area (Å²) in [5.74, 6) is 0.220. The predicted molar refractivity (Wildman–Crippen MR) is 122 cm³/mol. The number of carbonyl (C=O) groups is 2. The molecule has 0 saturated carbocycles. The molecule has 1 aliphatic rings. The molecular weight excluding hydrogens is 374 g/mol. The van der Waals surface area contributed by atoms with Crippen LogP contribution in [0.15, 0.2) is 48.5 Å². The lowest BCUT2D eigenvalue weighted by Gasteiger charge is -2.37. The Bertz CT molecular complexity index is 843. The van der Waals surface area contributed by atoms with Crippen LogP contribution in [0.25, 0.3) is 0 Å². The van der Waals surface area contributed by atoms with E-state index in [2.05, 4.69) is 42.3 Å². The van der Waals surface area contributed by atoms with Gasteiger partial charge in [0.25, 0.3) is 5.91 Å². The predicted octanol–water partition coefficient (Wildman–Crippen LogP) is 3.94. The molecule has 2 amide bonds. The van der Waals surface area contributed by atoms with Gasteiger partial charge in [-0.2, -0.15) is 0 Å². The average Bonchev–Trinajstić information content (AvgIpc) is 2.78. The van der Waals surface area contributed by atoms with Gasteiger partial charge >= 0.3 is 0 Å². The summed E-state index contributed by atoms with van der Waals surface area (Å²) in [4.78, 5) is 28.9. The van der Waals surface area contributed by atoms with Crippen molar-refractivity contribution in [3.8, 4) is 0 Å². The van der Waals surface area contributed by atoms with Crippen LogP contribution in [0.1, 0.15) is 47.2 Å². The van der Waals surface area contributed by atoms with Crippen molar-refractivity contribution in [2.45, 2.75) is 39.5 Å². The zero-order valence-electron chi connectivity index (χ0n) is 18.2. The first-order valence-electron chi connectivity index (χ1n) is 11.0. The number of benzene rings is 2. The van der Waals surface area contributed by atoms with Crippen molar-refractivity contribution in [1.82, 2.24) is 10.2 Å². The monoisotopic (exact) mass is 407 g/mol. The van der Waals surface area contributed by atoms with Crippen LogP contribution in [0.3, 0.4) is 0 Å². The van der Waals surface area contributed by atoms with E-state index in [-0.39, 0.29) is 11.8 Å². The third-order valence-electron chi connectivity index (χ3n) is 5.94. The second-order valence-corrected chi connectivity index (χ2v) is 8.02. The molecule has 1 N–H and O–H groups in total. The topological polar surface area (TPSA) is 52.6 Å². The van der Waals surface area contributed by atoms with Crippen LogP contribution in [0.4, 0.5) is 5.69 Å². The summed E-state index contributed by atoms with van der Waals surface area (Å²) in [7, 11) is 0. The van der Waals surface area contributed by atoms with Gasteiger partial charge in [-0.3, -0.25) is 9.59 Å². The molecule has 0 bridgehead atoms. The van der Waals surface area contributed by atoms with Crippen LogP contribution in [0.2, 0.25) is 0 Å². The highest BCUT2D eigenvalue weighted by molar-refractivity contribution is 5.94. The normalized spacial score (nSPS) is 13.9. The third kappa shape index (κ3) is 5.85. The molecule has 30 heavy (non-hydrogen) atoms. The minimum Gasteiger partial charge on any atom is -0.368 e. The van der Waals surface area contributed by atoms with Gasteiger partial charge < -0.3 is 15.1 Å². The van der Waals surface area contributed by atoms with E-state index in [0.717, 1.165) is 45.4 Å². The Morgan fingerprint density at radius 2 is 1.60 bits per heavy atom. The highest BCUT2D eigenvalue weighted by Gasteiger charge is 2.21. The fourth-order valence-corrected chi connectivity index (χ4v) is 3.90. The second kappa shape index (κ2) is 10.8. The largest absolute Gasteiger partial charge is 0.368 e. The van der Waals surface area contributed by atoms with Crippen molar-refractivity contribution >= 4 is 17.5 Å². The van der Waals surface area contributed by atoms with E-state index in [1.165, 1.54) is 16.8 Å². The molecule has 0 aliphatic carbocycles. The van der Waals surface area contributed by atoms with Crippen molar-refractivity contribution in [3.05, 3.63) is 65.2 Å². The average molecular weight is 408 g/mol. The maximum Gasteiger partial charge on any atom is 0.251 e. The molecule has 2 aromatic rings. The molecule has 0 atom stereocenters. The van der Waals surface area contributed by atoms with Gasteiger partial charge in [-0.05, 0) is 56.0 Å². The molecule has 1 heterocycles. The molecule has 160 valence electrons. The highest BCUT2D eigenvalue weighted by atomic mass is 16.2. The summed E-state index contributed by atoms with van der Waals surface area (Å²) in [6.45, 7) is 8.33. The number of nitrogens with zero attached hydrogens (tertiary/aromatic N) is 2. The van der Waals surface area contributed by atoms with Crippen LogP contribution in [-0.2, 0) is 4.79 Å². The molecule has 3 rings (SSSR count). The van der Waals surface area contributed by atoms with Crippen LogP contribution in [0.5, 0.6) is 0 Å². The fourth-order valence-electron chi connectivity index (χ4n) is 3.90. The van der Waals surface area contributed by atoms with Gasteiger partial charge in [-0.25, -0.2) is 0 Å². The van der Waals surface area contributed by atoms with Crippen molar-refractivity contribution in [3.63, 3.8) is 0 Å². The van der Waals surface area contributed by atoms with Gasteiger partial charge in [-0.15, -0.1) is 0 Å². The van der Waals surface area contributed by atoms with Gasteiger partial charge in [0.2, 0.25) is 5.91 Å². The summed E-state index contributed by atoms with van der Waals surface area (Å²) in [6, 6.07) is 15.7. The first-order chi connectivity index (χ1) is 14.6. The summed E-state index contributed by atoms with van der Waals surface area (Å²) in [6.07, 6.45) is 3.31. The van der Waals surface area contributed by atoms with E-state index < -0.39 is 0 Å². The van der Waals surface area contributed by atoms with Crippen molar-refractivity contribution < 1.29 is 9.59 Å². The maximum absolute atomic E-state index is 12.5. The number of unbranched alkanes of at least 4 members (excludes halogenated alkanes) is 2. The van der Waals surface area contributed by atoms with Crippen LogP contribution in [0, 0.1) is 13.8 Å². The molecule has 2 aromatic carbocycles. The van der Waals surface area contributed by atoms with E-state index in [1.807, 2.05) is 35.2 Å². The number of carbonyl (C=O) groups excluding carboxylic acids is 2. The summed E-state index contributed by atoms with van der Waals surface area (Å²) in [5.41, 5.74) is 4.62. The number of hydrogen-bond acceptors (Lipinski definition) is 3. The standard InChI is InChI=1S/C25H33N3O2/c1-20-10-9-13-23(21(20)2)27-16-18-28(19-17-27)24(29)14-7-4-8-15-26-25(30)22-11-5-3-6-12-22/h3,5-6,9-13H,4,7-8,14-19H2,1-2H3,(H,26,30). The number of nitrogens with one attached hydrogen (secondary N) is 1. The van der Waals surface area contributed by atoms with E-state index in [4.69, 9.17) is 0 Å². The SMILES string of the molecule is Cc1cccc(N2CCN(C(=O)CCCCCNC(=O)c3ccccc3)CC2)c1C. The molecule has 0 aromatic heterocycles. The van der Waals surface area contributed by atoms with Gasteiger partial charge in [0.05, 0.1) is 0 Å². The van der Waals surface area contributed by atoms with E-state index in [9.17, 15) is 9.59 Å². The van der Waals surface area contributed by atoms with E-state index in [1.54, 1.807) is 0 Å². The number of anilines is 1. The fraction of sp³-hybridized carbons (Fsp3) is 0.440. The number of aryl methyl sites for hydroxylation is 1. The summed E-state index contributed by atoms with van der Waals surface area (Å²) in [5, 5.41) is 2.94. The minimum absolute atomic E-state index is 0.0339. The molecule has 1 saturated heterocycles. The molecule has 1 aliphatic heterocycles. The number of rotatable bonds is 8. The smallest absolute Gasteiger partial charge is 0.251 e. The summed E-state index contributed by atoms with van der Waals surface area (Å²) >= 11 is 0. The lowest BCUT2D eigenvalue weighted by molar-refractivity contribution is -0.131. The summed E-state index contributed by atoms with van der Waals surface area (Å²) < 4.78 is 0. The van der Waals surface area contributed by atoms with Crippen molar-refractivity contribution in [1.29, 1.82) is 0 Å². The highest BCUT2D eigenvalue weighted by Crippen LogP contribution is 2.24. The molecule has 5 heteroatoms. The molecular formula is C25H33N3O2. The molecule has 0 radical (unpaired) electrons. The Balaban J connectivity index is 1.31. The molecule has 5 nitrogen and oxygen atoms in total. The Hall–Kier alpha value is -2.82. The third-order valence-corrected chi connectivity index (χ3v) is 5.94. The lowest BCUT2D eigenvalue weighted by atomic mass is 10.1. The van der Waals surface area contributed by atoms with E-state index >= 15 is 0 Å². The number of amides is 2. The first-order valence-corrected chi connectivity index (χ1v) is 11.0. The second-order valence-electron chi connectivity index (χ2n) is 8.02. The number of hydrogen-bond donors (Lipinski definition) is 1. The zero-order valence-corrected chi connectivity index (χ0v) is 18.2. The lowest BCUT2D eigenvalue weighted by Crippen LogP contribution is -2.49. The quantitative estimate of drug-likeness (QED) is 0.675. The van der Waals surface area contributed by atoms with Gasteiger partial charge in [0.1, 0.15) is 0 Å². The maximum atomic E-state index is 12.5. The van der Waals surface area contributed by atoms with E-state index in [0.29, 0.717) is 18.5 Å². The van der Waals surface area contributed by atoms with Crippen molar-refractivity contribution in [2.24, 2.45) is 0 Å². The van der Waals surface area contributed by atoms with Gasteiger partial charge in [0.15, 0.2) is 0 Å². The minimum atomic E-state index is -0.0339. The van der Waals surface area contributed by atoms with Gasteiger partial charge in [-0.1, -0.05) is 36.8 Å². The van der Waals surface area contributed by atoms with Crippen LogP contribution >= 0.6 is 0 Å². The Morgan fingerprint density at radius 1 is 0.867 bits per heavy atom. The Morgan fingerprint density at radius 3 is 2.33 bits per heavy atom. The zero-order chi connectivity index (χ0) is 21.3. The Labute approximate surface area is 180 Å². The molecule has 0 spiro atoms.